The van der Waals surface area contributed by atoms with E-state index < -0.39 is 0 Å². The van der Waals surface area contributed by atoms with Crippen LogP contribution in [0.15, 0.2) is 52.0 Å². The molecule has 30 heavy (non-hydrogen) atoms. The van der Waals surface area contributed by atoms with Crippen molar-refractivity contribution in [1.29, 1.82) is 0 Å². The zero-order valence-electron chi connectivity index (χ0n) is 16.9. The molecule has 1 atom stereocenters. The predicted molar refractivity (Wildman–Crippen MR) is 118 cm³/mol. The van der Waals surface area contributed by atoms with E-state index in [4.69, 9.17) is 4.52 Å². The van der Waals surface area contributed by atoms with Crippen LogP contribution < -0.4 is 10.9 Å². The molecule has 154 valence electrons. The second kappa shape index (κ2) is 8.16. The van der Waals surface area contributed by atoms with E-state index in [1.807, 2.05) is 31.2 Å². The Kier molecular flexibility index (Phi) is 5.23. The topological polar surface area (TPSA) is 73.0 Å². The number of fused-ring (bicyclic) bond motifs is 3. The van der Waals surface area contributed by atoms with Crippen LogP contribution in [-0.2, 0) is 32.4 Å². The fourth-order valence-electron chi connectivity index (χ4n) is 4.17. The van der Waals surface area contributed by atoms with Crippen molar-refractivity contribution in [3.05, 3.63) is 80.5 Å². The van der Waals surface area contributed by atoms with E-state index in [0.29, 0.717) is 19.1 Å². The Balaban J connectivity index is 1.33. The summed E-state index contributed by atoms with van der Waals surface area (Å²) in [7, 11) is 0. The zero-order chi connectivity index (χ0) is 20.5. The first-order chi connectivity index (χ1) is 14.7. The van der Waals surface area contributed by atoms with Gasteiger partial charge in [0.1, 0.15) is 4.83 Å². The van der Waals surface area contributed by atoms with Crippen LogP contribution in [0.1, 0.15) is 33.9 Å². The summed E-state index contributed by atoms with van der Waals surface area (Å²) in [4.78, 5) is 19.9. The third-order valence-electron chi connectivity index (χ3n) is 5.76. The molecule has 3 heterocycles. The molecule has 1 aliphatic rings. The van der Waals surface area contributed by atoms with Crippen LogP contribution in [-0.4, -0.2) is 20.7 Å². The maximum absolute atomic E-state index is 13.2. The highest BCUT2D eigenvalue weighted by molar-refractivity contribution is 7.18. The summed E-state index contributed by atoms with van der Waals surface area (Å²) in [5, 5.41) is 8.34. The highest BCUT2D eigenvalue weighted by Gasteiger charge is 2.25. The van der Waals surface area contributed by atoms with Crippen molar-refractivity contribution in [2.24, 2.45) is 0 Å². The average Bonchev–Trinajstić information content (AvgIpc) is 3.35. The Morgan fingerprint density at radius 3 is 2.97 bits per heavy atom. The third kappa shape index (κ3) is 3.82. The lowest BCUT2D eigenvalue weighted by Gasteiger charge is -2.22. The smallest absolute Gasteiger partial charge is 0.262 e. The van der Waals surface area contributed by atoms with E-state index in [9.17, 15) is 4.79 Å². The van der Waals surface area contributed by atoms with E-state index in [2.05, 4.69) is 27.6 Å². The number of hydrogen-bond donors (Lipinski definition) is 1. The predicted octanol–water partition coefficient (Wildman–Crippen LogP) is 3.64. The molecule has 0 unspecified atom stereocenters. The van der Waals surface area contributed by atoms with Gasteiger partial charge in [-0.1, -0.05) is 35.5 Å². The minimum absolute atomic E-state index is 0.0944. The van der Waals surface area contributed by atoms with Crippen molar-refractivity contribution in [1.82, 2.24) is 20.0 Å². The Labute approximate surface area is 178 Å². The number of benzene rings is 1. The van der Waals surface area contributed by atoms with Gasteiger partial charge in [0, 0.05) is 23.5 Å². The molecule has 0 saturated carbocycles. The molecule has 3 aromatic heterocycles. The van der Waals surface area contributed by atoms with Crippen molar-refractivity contribution in [2.45, 2.75) is 51.7 Å². The Bertz CT molecular complexity index is 1230. The maximum atomic E-state index is 13.2. The van der Waals surface area contributed by atoms with Crippen LogP contribution in [0.5, 0.6) is 0 Å². The summed E-state index contributed by atoms with van der Waals surface area (Å²) in [6.45, 7) is 3.25. The van der Waals surface area contributed by atoms with Crippen molar-refractivity contribution in [3.63, 3.8) is 0 Å². The van der Waals surface area contributed by atoms with Crippen LogP contribution in [0.4, 0.5) is 0 Å². The summed E-state index contributed by atoms with van der Waals surface area (Å²) in [5.41, 5.74) is 3.43. The van der Waals surface area contributed by atoms with Gasteiger partial charge in [-0.05, 0) is 43.7 Å². The lowest BCUT2D eigenvalue weighted by atomic mass is 9.93. The van der Waals surface area contributed by atoms with Gasteiger partial charge in [-0.15, -0.1) is 11.3 Å². The summed E-state index contributed by atoms with van der Waals surface area (Å²) in [6, 6.07) is 12.6. The Morgan fingerprint density at radius 2 is 2.17 bits per heavy atom. The molecule has 5 rings (SSSR count). The number of hydrogen-bond acceptors (Lipinski definition) is 6. The fourth-order valence-corrected chi connectivity index (χ4v) is 5.43. The van der Waals surface area contributed by atoms with E-state index in [0.717, 1.165) is 47.4 Å². The highest BCUT2D eigenvalue weighted by atomic mass is 32.1. The fraction of sp³-hybridized carbons (Fsp3) is 0.348. The lowest BCUT2D eigenvalue weighted by molar-refractivity contribution is 0.353. The molecule has 0 spiro atoms. The first-order valence-corrected chi connectivity index (χ1v) is 11.2. The Hall–Kier alpha value is -2.77. The van der Waals surface area contributed by atoms with Crippen LogP contribution in [0.3, 0.4) is 0 Å². The molecule has 1 aliphatic carbocycles. The molecule has 6 nitrogen and oxygen atoms in total. The van der Waals surface area contributed by atoms with Gasteiger partial charge in [0.25, 0.3) is 5.56 Å². The summed E-state index contributed by atoms with van der Waals surface area (Å²) >= 11 is 1.67. The normalized spacial score (nSPS) is 16.1. The average molecular weight is 421 g/mol. The van der Waals surface area contributed by atoms with E-state index in [1.54, 1.807) is 22.2 Å². The number of thiophene rings is 1. The van der Waals surface area contributed by atoms with Gasteiger partial charge in [0.15, 0.2) is 5.76 Å². The number of aromatic nitrogens is 3. The minimum atomic E-state index is 0.0944. The van der Waals surface area contributed by atoms with Gasteiger partial charge in [0.05, 0.1) is 24.0 Å². The maximum Gasteiger partial charge on any atom is 0.262 e. The largest absolute Gasteiger partial charge is 0.360 e. The van der Waals surface area contributed by atoms with Crippen molar-refractivity contribution in [3.8, 4) is 0 Å². The molecule has 4 aromatic rings. The number of nitrogens with one attached hydrogen (secondary N) is 1. The first kappa shape index (κ1) is 19.2. The van der Waals surface area contributed by atoms with Gasteiger partial charge < -0.3 is 9.84 Å². The molecule has 0 aliphatic heterocycles. The Morgan fingerprint density at radius 1 is 1.30 bits per heavy atom. The SMILES string of the molecule is Cc1cc(CN[C@@H]2CCc3c(sc4ncn(CCc5ccccc5)c(=O)c34)C2)on1. The molecular weight excluding hydrogens is 396 g/mol. The van der Waals surface area contributed by atoms with E-state index in [-0.39, 0.29) is 5.56 Å². The number of rotatable bonds is 6. The third-order valence-corrected chi connectivity index (χ3v) is 6.92. The molecule has 1 aromatic carbocycles. The molecule has 1 N–H and O–H groups in total. The number of nitrogens with zero attached hydrogens (tertiary/aromatic N) is 3. The lowest BCUT2D eigenvalue weighted by Crippen LogP contribution is -2.33. The van der Waals surface area contributed by atoms with Gasteiger partial charge in [-0.2, -0.15) is 0 Å². The second-order valence-electron chi connectivity index (χ2n) is 7.92. The standard InChI is InChI=1S/C23H24N4O2S/c1-15-11-18(29-26-15)13-24-17-7-8-19-20(12-17)30-22-21(19)23(28)27(14-25-22)10-9-16-5-3-2-4-6-16/h2-6,11,14,17,24H,7-10,12-13H2,1H3/t17-/m1/s1. The van der Waals surface area contributed by atoms with Crippen molar-refractivity contribution < 1.29 is 4.52 Å². The number of aryl methyl sites for hydroxylation is 4. The van der Waals surface area contributed by atoms with Crippen LogP contribution >= 0.6 is 11.3 Å². The van der Waals surface area contributed by atoms with Crippen LogP contribution in [0.25, 0.3) is 10.2 Å². The monoisotopic (exact) mass is 420 g/mol. The second-order valence-corrected chi connectivity index (χ2v) is 9.00. The molecule has 0 amide bonds. The van der Waals surface area contributed by atoms with Crippen molar-refractivity contribution in [2.75, 3.05) is 0 Å². The summed E-state index contributed by atoms with van der Waals surface area (Å²) in [5.74, 6) is 0.859. The van der Waals surface area contributed by atoms with Crippen LogP contribution in [0.2, 0.25) is 0 Å². The van der Waals surface area contributed by atoms with Crippen molar-refractivity contribution >= 4 is 21.6 Å². The van der Waals surface area contributed by atoms with Crippen LogP contribution in [0, 0.1) is 6.92 Å². The molecular formula is C23H24N4O2S. The molecule has 0 bridgehead atoms. The highest BCUT2D eigenvalue weighted by Crippen LogP contribution is 2.33. The first-order valence-electron chi connectivity index (χ1n) is 10.4. The van der Waals surface area contributed by atoms with Gasteiger partial charge >= 0.3 is 0 Å². The quantitative estimate of drug-likeness (QED) is 0.516. The van der Waals surface area contributed by atoms with E-state index in [1.165, 1.54) is 16.0 Å². The molecule has 0 radical (unpaired) electrons. The zero-order valence-corrected chi connectivity index (χ0v) is 17.7. The van der Waals surface area contributed by atoms with E-state index >= 15 is 0 Å². The minimum Gasteiger partial charge on any atom is -0.360 e. The summed E-state index contributed by atoms with van der Waals surface area (Å²) < 4.78 is 7.06. The van der Waals surface area contributed by atoms with Gasteiger partial charge in [0.2, 0.25) is 0 Å². The molecule has 7 heteroatoms. The summed E-state index contributed by atoms with van der Waals surface area (Å²) in [6.07, 6.45) is 5.37. The molecule has 0 saturated heterocycles. The van der Waals surface area contributed by atoms with Gasteiger partial charge in [-0.3, -0.25) is 9.36 Å². The molecule has 0 fully saturated rings. The van der Waals surface area contributed by atoms with Gasteiger partial charge in [-0.25, -0.2) is 4.98 Å².